The zero-order valence-electron chi connectivity index (χ0n) is 11.6. The van der Waals surface area contributed by atoms with Gasteiger partial charge in [0.2, 0.25) is 0 Å². The van der Waals surface area contributed by atoms with Crippen molar-refractivity contribution in [2.75, 3.05) is 6.54 Å². The van der Waals surface area contributed by atoms with Gasteiger partial charge >= 0.3 is 0 Å². The predicted molar refractivity (Wildman–Crippen MR) is 78.8 cm³/mol. The lowest BCUT2D eigenvalue weighted by Crippen LogP contribution is -2.23. The standard InChI is InChI=1S/C16H20N4/c17-10-15-9-13(5-7-19-15)12-20-8-2-4-16(20)14-3-1-6-18-11-14/h1,3,5-7,9,11,16H,2,4,8,10,12,17H2. The molecule has 1 aliphatic heterocycles. The Morgan fingerprint density at radius 3 is 3.05 bits per heavy atom. The fourth-order valence-electron chi connectivity index (χ4n) is 2.94. The van der Waals surface area contributed by atoms with E-state index < -0.39 is 0 Å². The summed E-state index contributed by atoms with van der Waals surface area (Å²) in [6.45, 7) is 2.59. The Labute approximate surface area is 119 Å². The summed E-state index contributed by atoms with van der Waals surface area (Å²) in [5.74, 6) is 0. The van der Waals surface area contributed by atoms with E-state index in [2.05, 4.69) is 33.1 Å². The van der Waals surface area contributed by atoms with Gasteiger partial charge in [-0.1, -0.05) is 6.07 Å². The Kier molecular flexibility index (Phi) is 4.04. The van der Waals surface area contributed by atoms with Crippen molar-refractivity contribution in [2.24, 2.45) is 5.73 Å². The first-order chi connectivity index (χ1) is 9.86. The van der Waals surface area contributed by atoms with Crippen LogP contribution in [0.1, 0.15) is 35.7 Å². The van der Waals surface area contributed by atoms with E-state index in [0.717, 1.165) is 18.8 Å². The molecule has 2 aromatic rings. The fourth-order valence-corrected chi connectivity index (χ4v) is 2.94. The zero-order valence-corrected chi connectivity index (χ0v) is 11.6. The molecule has 20 heavy (non-hydrogen) atoms. The summed E-state index contributed by atoms with van der Waals surface area (Å²) in [5, 5.41) is 0. The fraction of sp³-hybridized carbons (Fsp3) is 0.375. The van der Waals surface area contributed by atoms with Crippen LogP contribution in [0.25, 0.3) is 0 Å². The second kappa shape index (κ2) is 6.11. The molecular weight excluding hydrogens is 248 g/mol. The minimum atomic E-state index is 0.484. The number of aromatic nitrogens is 2. The Hall–Kier alpha value is -1.78. The smallest absolute Gasteiger partial charge is 0.0542 e. The summed E-state index contributed by atoms with van der Waals surface area (Å²) in [7, 11) is 0. The van der Waals surface area contributed by atoms with Gasteiger partial charge in [-0.2, -0.15) is 0 Å². The molecular formula is C16H20N4. The summed E-state index contributed by atoms with van der Waals surface area (Å²) in [6, 6.07) is 8.87. The van der Waals surface area contributed by atoms with Gasteiger partial charge in [-0.3, -0.25) is 14.9 Å². The van der Waals surface area contributed by atoms with Crippen LogP contribution >= 0.6 is 0 Å². The van der Waals surface area contributed by atoms with Crippen LogP contribution < -0.4 is 5.73 Å². The van der Waals surface area contributed by atoms with Crippen LogP contribution in [0.3, 0.4) is 0 Å². The van der Waals surface area contributed by atoms with E-state index in [9.17, 15) is 0 Å². The molecule has 3 heterocycles. The van der Waals surface area contributed by atoms with Crippen molar-refractivity contribution >= 4 is 0 Å². The normalized spacial score (nSPS) is 19.4. The molecule has 0 aliphatic carbocycles. The Bertz CT molecular complexity index is 555. The highest BCUT2D eigenvalue weighted by atomic mass is 15.2. The van der Waals surface area contributed by atoms with E-state index in [1.165, 1.54) is 24.0 Å². The maximum Gasteiger partial charge on any atom is 0.0542 e. The minimum Gasteiger partial charge on any atom is -0.325 e. The number of likely N-dealkylation sites (tertiary alicyclic amines) is 1. The molecule has 0 spiro atoms. The van der Waals surface area contributed by atoms with Gasteiger partial charge in [0.1, 0.15) is 0 Å². The third kappa shape index (κ3) is 2.86. The van der Waals surface area contributed by atoms with Crippen molar-refractivity contribution in [3.05, 3.63) is 59.7 Å². The molecule has 1 saturated heterocycles. The van der Waals surface area contributed by atoms with E-state index in [4.69, 9.17) is 5.73 Å². The number of pyridine rings is 2. The predicted octanol–water partition coefficient (Wildman–Crippen LogP) is 2.27. The molecule has 0 bridgehead atoms. The third-order valence-electron chi connectivity index (χ3n) is 3.91. The Morgan fingerprint density at radius 1 is 1.30 bits per heavy atom. The number of nitrogens with zero attached hydrogens (tertiary/aromatic N) is 3. The van der Waals surface area contributed by atoms with Gasteiger partial charge in [0.15, 0.2) is 0 Å². The summed E-state index contributed by atoms with van der Waals surface area (Å²) < 4.78 is 0. The lowest BCUT2D eigenvalue weighted by Gasteiger charge is -2.24. The quantitative estimate of drug-likeness (QED) is 0.924. The number of rotatable bonds is 4. The average molecular weight is 268 g/mol. The van der Waals surface area contributed by atoms with Crippen LogP contribution in [0.2, 0.25) is 0 Å². The molecule has 3 rings (SSSR count). The molecule has 2 N–H and O–H groups in total. The molecule has 4 nitrogen and oxygen atoms in total. The van der Waals surface area contributed by atoms with Crippen molar-refractivity contribution in [1.82, 2.24) is 14.9 Å². The van der Waals surface area contributed by atoms with Crippen LogP contribution in [0.5, 0.6) is 0 Å². The Morgan fingerprint density at radius 2 is 2.25 bits per heavy atom. The maximum absolute atomic E-state index is 5.66. The van der Waals surface area contributed by atoms with Crippen LogP contribution in [0.15, 0.2) is 42.9 Å². The highest BCUT2D eigenvalue weighted by Gasteiger charge is 2.25. The summed E-state index contributed by atoms with van der Waals surface area (Å²) >= 11 is 0. The Balaban J connectivity index is 1.76. The van der Waals surface area contributed by atoms with Gasteiger partial charge in [0.05, 0.1) is 5.69 Å². The molecule has 4 heteroatoms. The maximum atomic E-state index is 5.66. The van der Waals surface area contributed by atoms with Gasteiger partial charge in [-0.25, -0.2) is 0 Å². The van der Waals surface area contributed by atoms with E-state index in [1.54, 1.807) is 0 Å². The molecule has 1 unspecified atom stereocenters. The number of hydrogen-bond donors (Lipinski definition) is 1. The van der Waals surface area contributed by atoms with Gasteiger partial charge < -0.3 is 5.73 Å². The summed E-state index contributed by atoms with van der Waals surface area (Å²) in [6.07, 6.45) is 8.13. The van der Waals surface area contributed by atoms with Crippen molar-refractivity contribution in [2.45, 2.75) is 32.0 Å². The average Bonchev–Trinajstić information content (AvgIpc) is 2.96. The molecule has 2 aromatic heterocycles. The molecule has 0 amide bonds. The molecule has 0 aromatic carbocycles. The highest BCUT2D eigenvalue weighted by molar-refractivity contribution is 5.19. The third-order valence-corrected chi connectivity index (χ3v) is 3.91. The molecule has 0 radical (unpaired) electrons. The van der Waals surface area contributed by atoms with Crippen LogP contribution in [0, 0.1) is 0 Å². The van der Waals surface area contributed by atoms with Gasteiger partial charge in [-0.15, -0.1) is 0 Å². The van der Waals surface area contributed by atoms with Crippen LogP contribution in [-0.2, 0) is 13.1 Å². The van der Waals surface area contributed by atoms with Crippen molar-refractivity contribution in [3.8, 4) is 0 Å². The number of hydrogen-bond acceptors (Lipinski definition) is 4. The first kappa shape index (κ1) is 13.2. The largest absolute Gasteiger partial charge is 0.325 e. The van der Waals surface area contributed by atoms with E-state index in [1.807, 2.05) is 24.7 Å². The lowest BCUT2D eigenvalue weighted by molar-refractivity contribution is 0.248. The monoisotopic (exact) mass is 268 g/mol. The molecule has 0 saturated carbocycles. The van der Waals surface area contributed by atoms with E-state index in [0.29, 0.717) is 12.6 Å². The molecule has 1 fully saturated rings. The molecule has 104 valence electrons. The van der Waals surface area contributed by atoms with Crippen molar-refractivity contribution in [1.29, 1.82) is 0 Å². The first-order valence-electron chi connectivity index (χ1n) is 7.14. The molecule has 1 aliphatic rings. The molecule has 1 atom stereocenters. The number of nitrogens with two attached hydrogens (primary N) is 1. The van der Waals surface area contributed by atoms with Crippen LogP contribution in [-0.4, -0.2) is 21.4 Å². The topological polar surface area (TPSA) is 55.0 Å². The van der Waals surface area contributed by atoms with E-state index in [-0.39, 0.29) is 0 Å². The second-order valence-electron chi connectivity index (χ2n) is 5.27. The zero-order chi connectivity index (χ0) is 13.8. The van der Waals surface area contributed by atoms with E-state index >= 15 is 0 Å². The van der Waals surface area contributed by atoms with Crippen molar-refractivity contribution in [3.63, 3.8) is 0 Å². The summed E-state index contributed by atoms with van der Waals surface area (Å²) in [5.41, 5.74) is 9.22. The SMILES string of the molecule is NCc1cc(CN2CCCC2c2cccnc2)ccn1. The minimum absolute atomic E-state index is 0.484. The summed E-state index contributed by atoms with van der Waals surface area (Å²) in [4.78, 5) is 11.0. The first-order valence-corrected chi connectivity index (χ1v) is 7.14. The lowest BCUT2D eigenvalue weighted by atomic mass is 10.1. The van der Waals surface area contributed by atoms with Gasteiger partial charge in [-0.05, 0) is 48.7 Å². The van der Waals surface area contributed by atoms with Crippen molar-refractivity contribution < 1.29 is 0 Å². The van der Waals surface area contributed by atoms with Gasteiger partial charge in [0, 0.05) is 37.7 Å². The van der Waals surface area contributed by atoms with Gasteiger partial charge in [0.25, 0.3) is 0 Å². The second-order valence-corrected chi connectivity index (χ2v) is 5.27. The highest BCUT2D eigenvalue weighted by Crippen LogP contribution is 2.32. The van der Waals surface area contributed by atoms with Crippen LogP contribution in [0.4, 0.5) is 0 Å².